The number of halogens is 1. The minimum absolute atomic E-state index is 0.141. The van der Waals surface area contributed by atoms with Crippen LogP contribution in [0, 0.1) is 11.7 Å². The van der Waals surface area contributed by atoms with Crippen molar-refractivity contribution in [2.75, 3.05) is 19.0 Å². The zero-order valence-electron chi connectivity index (χ0n) is 19.8. The van der Waals surface area contributed by atoms with Crippen LogP contribution in [0.3, 0.4) is 0 Å². The SMILES string of the molecule is CNc1ccc(Oc2ccnc3cc(-c4cnn(CCOC(=O)C(N)CC(C)C)c4)sc23)c(F)c1. The highest BCUT2D eigenvalue weighted by Crippen LogP contribution is 2.39. The Morgan fingerprint density at radius 1 is 1.26 bits per heavy atom. The molecule has 8 nitrogen and oxygen atoms in total. The lowest BCUT2D eigenvalue weighted by atomic mass is 10.1. The highest BCUT2D eigenvalue weighted by molar-refractivity contribution is 7.22. The van der Waals surface area contributed by atoms with Gasteiger partial charge in [0.1, 0.15) is 18.4 Å². The van der Waals surface area contributed by atoms with Crippen molar-refractivity contribution in [2.45, 2.75) is 32.9 Å². The van der Waals surface area contributed by atoms with Crippen LogP contribution in [0.2, 0.25) is 0 Å². The van der Waals surface area contributed by atoms with Gasteiger partial charge in [0.05, 0.1) is 23.0 Å². The summed E-state index contributed by atoms with van der Waals surface area (Å²) in [5, 5.41) is 7.26. The summed E-state index contributed by atoms with van der Waals surface area (Å²) in [6.45, 7) is 4.63. The first kappa shape index (κ1) is 24.6. The van der Waals surface area contributed by atoms with Crippen LogP contribution >= 0.6 is 11.3 Å². The molecule has 0 fully saturated rings. The molecular formula is C25H28FN5O3S. The topological polar surface area (TPSA) is 104 Å². The minimum Gasteiger partial charge on any atom is -0.463 e. The van der Waals surface area contributed by atoms with Gasteiger partial charge in [-0.05, 0) is 30.5 Å². The molecule has 4 aromatic rings. The van der Waals surface area contributed by atoms with E-state index in [4.69, 9.17) is 15.2 Å². The molecule has 0 saturated heterocycles. The molecule has 0 aliphatic carbocycles. The zero-order valence-corrected chi connectivity index (χ0v) is 20.6. The van der Waals surface area contributed by atoms with Gasteiger partial charge in [0.25, 0.3) is 0 Å². The fraction of sp³-hybridized carbons (Fsp3) is 0.320. The second-order valence-electron chi connectivity index (χ2n) is 8.53. The van der Waals surface area contributed by atoms with Gasteiger partial charge in [-0.3, -0.25) is 14.5 Å². The van der Waals surface area contributed by atoms with E-state index in [2.05, 4.69) is 15.4 Å². The van der Waals surface area contributed by atoms with Crippen LogP contribution in [0.5, 0.6) is 11.5 Å². The first-order chi connectivity index (χ1) is 16.8. The summed E-state index contributed by atoms with van der Waals surface area (Å²) in [6.07, 6.45) is 5.84. The summed E-state index contributed by atoms with van der Waals surface area (Å²) >= 11 is 1.48. The number of carbonyl (C=O) groups excluding carboxylic acids is 1. The van der Waals surface area contributed by atoms with Crippen molar-refractivity contribution in [2.24, 2.45) is 11.7 Å². The Morgan fingerprint density at radius 3 is 2.83 bits per heavy atom. The number of fused-ring (bicyclic) bond motifs is 1. The highest BCUT2D eigenvalue weighted by Gasteiger charge is 2.17. The maximum atomic E-state index is 14.4. The average molecular weight is 498 g/mol. The summed E-state index contributed by atoms with van der Waals surface area (Å²) < 4.78 is 28.1. The van der Waals surface area contributed by atoms with E-state index in [-0.39, 0.29) is 12.4 Å². The molecule has 3 aromatic heterocycles. The second kappa shape index (κ2) is 10.8. The third kappa shape index (κ3) is 5.95. The molecule has 0 amide bonds. The van der Waals surface area contributed by atoms with E-state index in [0.29, 0.717) is 30.3 Å². The van der Waals surface area contributed by atoms with Crippen molar-refractivity contribution in [3.63, 3.8) is 0 Å². The first-order valence-corrected chi connectivity index (χ1v) is 12.1. The molecule has 0 spiro atoms. The zero-order chi connectivity index (χ0) is 24.9. The number of aromatic nitrogens is 3. The van der Waals surface area contributed by atoms with Crippen LogP contribution in [0.15, 0.2) is 48.9 Å². The Morgan fingerprint density at radius 2 is 2.09 bits per heavy atom. The number of carbonyl (C=O) groups is 1. The number of pyridine rings is 1. The normalized spacial score (nSPS) is 12.2. The summed E-state index contributed by atoms with van der Waals surface area (Å²) in [5.74, 6) is 0.143. The predicted molar refractivity (Wildman–Crippen MR) is 135 cm³/mol. The summed E-state index contributed by atoms with van der Waals surface area (Å²) in [6, 6.07) is 7.78. The van der Waals surface area contributed by atoms with E-state index in [9.17, 15) is 9.18 Å². The number of hydrogen-bond donors (Lipinski definition) is 2. The van der Waals surface area contributed by atoms with Crippen molar-refractivity contribution in [3.05, 3.63) is 54.7 Å². The third-order valence-corrected chi connectivity index (χ3v) is 6.51. The Bertz CT molecular complexity index is 1320. The fourth-order valence-corrected chi connectivity index (χ4v) is 4.60. The average Bonchev–Trinajstić information content (AvgIpc) is 3.47. The number of hydrogen-bond acceptors (Lipinski definition) is 8. The van der Waals surface area contributed by atoms with E-state index in [1.54, 1.807) is 42.3 Å². The van der Waals surface area contributed by atoms with Crippen molar-refractivity contribution >= 4 is 33.2 Å². The van der Waals surface area contributed by atoms with Crippen LogP contribution in [0.1, 0.15) is 20.3 Å². The quantitative estimate of drug-likeness (QED) is 0.296. The highest BCUT2D eigenvalue weighted by atomic mass is 32.1. The molecule has 3 N–H and O–H groups in total. The van der Waals surface area contributed by atoms with Crippen molar-refractivity contribution in [1.29, 1.82) is 0 Å². The van der Waals surface area contributed by atoms with Crippen LogP contribution < -0.4 is 15.8 Å². The standard InChI is InChI=1S/C25H28FN5O3S/c1-15(2)10-19(27)25(32)33-9-8-31-14-16(13-30-31)23-12-20-24(35-23)22(6-7-29-20)34-21-5-4-17(28-3)11-18(21)26/h4-7,11-15,19,28H,8-10,27H2,1-3H3. The van der Waals surface area contributed by atoms with Crippen LogP contribution in [-0.4, -0.2) is 40.4 Å². The number of nitrogens with two attached hydrogens (primary N) is 1. The maximum Gasteiger partial charge on any atom is 0.322 e. The number of nitrogens with zero attached hydrogens (tertiary/aromatic N) is 3. The van der Waals surface area contributed by atoms with E-state index in [1.165, 1.54) is 17.4 Å². The molecule has 1 unspecified atom stereocenters. The van der Waals surface area contributed by atoms with Gasteiger partial charge < -0.3 is 20.5 Å². The number of nitrogens with one attached hydrogen (secondary N) is 1. The van der Waals surface area contributed by atoms with Crippen LogP contribution in [0.25, 0.3) is 20.7 Å². The van der Waals surface area contributed by atoms with Crippen molar-refractivity contribution in [3.8, 4) is 21.9 Å². The van der Waals surface area contributed by atoms with Gasteiger partial charge in [-0.15, -0.1) is 11.3 Å². The number of thiophene rings is 1. The van der Waals surface area contributed by atoms with Crippen molar-refractivity contribution < 1.29 is 18.7 Å². The van der Waals surface area contributed by atoms with Gasteiger partial charge >= 0.3 is 5.97 Å². The largest absolute Gasteiger partial charge is 0.463 e. The summed E-state index contributed by atoms with van der Waals surface area (Å²) in [5.41, 5.74) is 8.17. The molecule has 4 rings (SSSR count). The molecular weight excluding hydrogens is 469 g/mol. The monoisotopic (exact) mass is 497 g/mol. The minimum atomic E-state index is -0.611. The van der Waals surface area contributed by atoms with Crippen molar-refractivity contribution in [1.82, 2.24) is 14.8 Å². The number of esters is 1. The smallest absolute Gasteiger partial charge is 0.322 e. The molecule has 0 radical (unpaired) electrons. The van der Waals surface area contributed by atoms with E-state index >= 15 is 0 Å². The van der Waals surface area contributed by atoms with Gasteiger partial charge in [0, 0.05) is 47.7 Å². The maximum absolute atomic E-state index is 14.4. The van der Waals surface area contributed by atoms with Gasteiger partial charge in [0.2, 0.25) is 0 Å². The Labute approximate surface area is 206 Å². The number of anilines is 1. The lowest BCUT2D eigenvalue weighted by molar-refractivity contribution is -0.145. The van der Waals surface area contributed by atoms with E-state index in [1.807, 2.05) is 26.1 Å². The Balaban J connectivity index is 1.44. The number of benzene rings is 1. The molecule has 0 bridgehead atoms. The van der Waals surface area contributed by atoms with Crippen LogP contribution in [0.4, 0.5) is 10.1 Å². The fourth-order valence-electron chi connectivity index (χ4n) is 3.56. The van der Waals surface area contributed by atoms with E-state index < -0.39 is 17.8 Å². The Hall–Kier alpha value is -3.50. The third-order valence-electron chi connectivity index (χ3n) is 5.33. The van der Waals surface area contributed by atoms with Gasteiger partial charge in [0.15, 0.2) is 11.6 Å². The molecule has 3 heterocycles. The number of rotatable bonds is 10. The Kier molecular flexibility index (Phi) is 7.62. The molecule has 0 saturated carbocycles. The number of ether oxygens (including phenoxy) is 2. The molecule has 0 aliphatic rings. The predicted octanol–water partition coefficient (Wildman–Crippen LogP) is 5.05. The molecule has 0 aliphatic heterocycles. The summed E-state index contributed by atoms with van der Waals surface area (Å²) in [4.78, 5) is 17.4. The molecule has 1 aromatic carbocycles. The summed E-state index contributed by atoms with van der Waals surface area (Å²) in [7, 11) is 1.73. The molecule has 184 valence electrons. The first-order valence-electron chi connectivity index (χ1n) is 11.3. The van der Waals surface area contributed by atoms with Gasteiger partial charge in [-0.1, -0.05) is 13.8 Å². The second-order valence-corrected chi connectivity index (χ2v) is 9.58. The molecule has 35 heavy (non-hydrogen) atoms. The van der Waals surface area contributed by atoms with Crippen LogP contribution in [-0.2, 0) is 16.1 Å². The molecule has 10 heteroatoms. The molecule has 1 atom stereocenters. The lowest BCUT2D eigenvalue weighted by Crippen LogP contribution is -2.34. The lowest BCUT2D eigenvalue weighted by Gasteiger charge is -2.13. The van der Waals surface area contributed by atoms with Gasteiger partial charge in [-0.25, -0.2) is 4.39 Å². The van der Waals surface area contributed by atoms with E-state index in [0.717, 1.165) is 20.7 Å². The van der Waals surface area contributed by atoms with Gasteiger partial charge in [-0.2, -0.15) is 5.10 Å².